The van der Waals surface area contributed by atoms with E-state index in [0.717, 1.165) is 0 Å². The molecule has 0 bridgehead atoms. The van der Waals surface area contributed by atoms with Crippen LogP contribution in [0.2, 0.25) is 5.02 Å². The maximum atomic E-state index is 14.4. The highest BCUT2D eigenvalue weighted by molar-refractivity contribution is 6.32. The molecule has 2 heterocycles. The molecule has 5 nitrogen and oxygen atoms in total. The first-order valence-electron chi connectivity index (χ1n) is 6.26. The summed E-state index contributed by atoms with van der Waals surface area (Å²) < 4.78 is 30.0. The number of hydrogen-bond acceptors (Lipinski definition) is 3. The Morgan fingerprint density at radius 1 is 1.43 bits per heavy atom. The number of tetrazole rings is 1. The number of hydrogen-bond donors (Lipinski definition) is 1. The molecule has 0 atom stereocenters. The van der Waals surface area contributed by atoms with Gasteiger partial charge in [-0.2, -0.15) is 5.21 Å². The second-order valence-corrected chi connectivity index (χ2v) is 5.79. The molecule has 0 unspecified atom stereocenters. The topological polar surface area (TPSA) is 59.4 Å². The van der Waals surface area contributed by atoms with Crippen LogP contribution >= 0.6 is 11.6 Å². The van der Waals surface area contributed by atoms with E-state index in [2.05, 4.69) is 20.6 Å². The van der Waals surface area contributed by atoms with Gasteiger partial charge in [0.15, 0.2) is 5.82 Å². The van der Waals surface area contributed by atoms with E-state index in [-0.39, 0.29) is 23.0 Å². The smallest absolute Gasteiger partial charge is 0.209 e. The molecule has 0 spiro atoms. The van der Waals surface area contributed by atoms with Crippen molar-refractivity contribution in [2.24, 2.45) is 0 Å². The summed E-state index contributed by atoms with van der Waals surface area (Å²) in [6, 6.07) is 3.24. The summed E-state index contributed by atoms with van der Waals surface area (Å²) in [5.41, 5.74) is -0.846. The molecule has 8 heteroatoms. The molecule has 0 amide bonds. The van der Waals surface area contributed by atoms with E-state index in [4.69, 9.17) is 11.6 Å². The van der Waals surface area contributed by atoms with E-state index < -0.39 is 11.5 Å². The van der Waals surface area contributed by atoms with Crippen molar-refractivity contribution in [1.82, 2.24) is 25.2 Å². The minimum atomic E-state index is -1.45. The lowest BCUT2D eigenvalue weighted by molar-refractivity contribution is 0.188. The molecule has 3 rings (SSSR count). The highest BCUT2D eigenvalue weighted by atomic mass is 35.5. The molecule has 0 fully saturated rings. The van der Waals surface area contributed by atoms with Gasteiger partial charge in [0.25, 0.3) is 0 Å². The van der Waals surface area contributed by atoms with Crippen LogP contribution in [0.5, 0.6) is 0 Å². The van der Waals surface area contributed by atoms with Crippen LogP contribution in [-0.2, 0) is 6.54 Å². The molecule has 0 aliphatic rings. The van der Waals surface area contributed by atoms with Crippen LogP contribution < -0.4 is 0 Å². The van der Waals surface area contributed by atoms with Gasteiger partial charge < -0.3 is 4.57 Å². The highest BCUT2D eigenvalue weighted by Gasteiger charge is 2.23. The number of fused-ring (bicyclic) bond motifs is 1. The number of halogens is 3. The summed E-state index contributed by atoms with van der Waals surface area (Å²) in [6.07, 6.45) is 1.69. The lowest BCUT2D eigenvalue weighted by atomic mass is 10.1. The number of alkyl halides is 1. The van der Waals surface area contributed by atoms with E-state index in [0.29, 0.717) is 10.9 Å². The molecule has 0 aliphatic heterocycles. The summed E-state index contributed by atoms with van der Waals surface area (Å²) in [5, 5.41) is 14.0. The van der Waals surface area contributed by atoms with Gasteiger partial charge in [0.1, 0.15) is 5.67 Å². The first kappa shape index (κ1) is 13.9. The summed E-state index contributed by atoms with van der Waals surface area (Å²) in [7, 11) is 0. The normalized spacial score (nSPS) is 12.2. The lowest BCUT2D eigenvalue weighted by Crippen LogP contribution is -2.20. The largest absolute Gasteiger partial charge is 0.344 e. The summed E-state index contributed by atoms with van der Waals surface area (Å²) >= 11 is 5.91. The van der Waals surface area contributed by atoms with E-state index in [1.165, 1.54) is 19.9 Å². The molecular weight excluding hydrogens is 300 g/mol. The third kappa shape index (κ3) is 2.49. The Hall–Kier alpha value is -2.02. The second-order valence-electron chi connectivity index (χ2n) is 5.38. The first-order valence-corrected chi connectivity index (χ1v) is 6.64. The Morgan fingerprint density at radius 3 is 2.81 bits per heavy atom. The van der Waals surface area contributed by atoms with E-state index in [1.54, 1.807) is 16.8 Å². The van der Waals surface area contributed by atoms with E-state index in [1.807, 2.05) is 0 Å². The van der Waals surface area contributed by atoms with Crippen molar-refractivity contribution < 1.29 is 8.78 Å². The van der Waals surface area contributed by atoms with Crippen molar-refractivity contribution in [1.29, 1.82) is 0 Å². The molecule has 3 aromatic rings. The molecule has 1 N–H and O–H groups in total. The number of rotatable bonds is 3. The van der Waals surface area contributed by atoms with Crippen LogP contribution in [0.3, 0.4) is 0 Å². The average molecular weight is 312 g/mol. The number of benzene rings is 1. The van der Waals surface area contributed by atoms with Gasteiger partial charge in [0, 0.05) is 11.6 Å². The third-order valence-electron chi connectivity index (χ3n) is 3.06. The van der Waals surface area contributed by atoms with Crippen molar-refractivity contribution in [3.8, 4) is 11.4 Å². The van der Waals surface area contributed by atoms with E-state index in [9.17, 15) is 8.78 Å². The van der Waals surface area contributed by atoms with Crippen LogP contribution in [0.4, 0.5) is 8.78 Å². The van der Waals surface area contributed by atoms with Crippen molar-refractivity contribution in [3.63, 3.8) is 0 Å². The standard InChI is InChI=1S/C13H12ClF2N5/c1-13(2,16)6-21-4-3-7-5-8(14)10(15)9(11(7)21)12-17-19-20-18-12/h3-5H,6H2,1-2H3,(H,17,18,19,20). The Labute approximate surface area is 123 Å². The lowest BCUT2D eigenvalue weighted by Gasteiger charge is -2.17. The SMILES string of the molecule is CC(C)(F)Cn1ccc2cc(Cl)c(F)c(-c3nn[nH]n3)c21. The van der Waals surface area contributed by atoms with Gasteiger partial charge in [0.05, 0.1) is 22.6 Å². The molecule has 0 aliphatic carbocycles. The fourth-order valence-corrected chi connectivity index (χ4v) is 2.54. The van der Waals surface area contributed by atoms with Crippen molar-refractivity contribution in [2.75, 3.05) is 0 Å². The quantitative estimate of drug-likeness (QED) is 0.807. The number of aromatic nitrogens is 5. The number of nitrogens with zero attached hydrogens (tertiary/aromatic N) is 4. The van der Waals surface area contributed by atoms with Crippen LogP contribution in [0, 0.1) is 5.82 Å². The predicted molar refractivity (Wildman–Crippen MR) is 75.3 cm³/mol. The Bertz CT molecular complexity index is 789. The number of aromatic amines is 1. The maximum absolute atomic E-state index is 14.4. The monoisotopic (exact) mass is 311 g/mol. The Morgan fingerprint density at radius 2 is 2.19 bits per heavy atom. The van der Waals surface area contributed by atoms with Gasteiger partial charge in [0.2, 0.25) is 5.82 Å². The maximum Gasteiger partial charge on any atom is 0.209 e. The van der Waals surface area contributed by atoms with Gasteiger partial charge in [-0.1, -0.05) is 11.6 Å². The van der Waals surface area contributed by atoms with Gasteiger partial charge in [-0.3, -0.25) is 0 Å². The zero-order valence-corrected chi connectivity index (χ0v) is 12.1. The minimum absolute atomic E-state index is 0.0421. The number of nitrogens with one attached hydrogen (secondary N) is 1. The van der Waals surface area contributed by atoms with Gasteiger partial charge in [-0.15, -0.1) is 10.2 Å². The van der Waals surface area contributed by atoms with Crippen LogP contribution in [0.15, 0.2) is 18.3 Å². The van der Waals surface area contributed by atoms with E-state index >= 15 is 0 Å². The summed E-state index contributed by atoms with van der Waals surface area (Å²) in [4.78, 5) is 0. The molecule has 1 aromatic carbocycles. The van der Waals surface area contributed by atoms with Crippen LogP contribution in [-0.4, -0.2) is 30.9 Å². The Kier molecular flexibility index (Phi) is 3.16. The minimum Gasteiger partial charge on any atom is -0.344 e. The average Bonchev–Trinajstić information content (AvgIpc) is 3.00. The number of H-pyrrole nitrogens is 1. The first-order chi connectivity index (χ1) is 9.87. The Balaban J connectivity index is 2.32. The fraction of sp³-hybridized carbons (Fsp3) is 0.308. The molecule has 110 valence electrons. The fourth-order valence-electron chi connectivity index (χ4n) is 2.33. The molecule has 0 radical (unpaired) electrons. The summed E-state index contributed by atoms with van der Waals surface area (Å²) in [5.74, 6) is -0.571. The van der Waals surface area contributed by atoms with Gasteiger partial charge in [-0.05, 0) is 31.2 Å². The van der Waals surface area contributed by atoms with Crippen molar-refractivity contribution >= 4 is 22.5 Å². The third-order valence-corrected chi connectivity index (χ3v) is 3.33. The molecular formula is C13H12ClF2N5. The second kappa shape index (κ2) is 4.77. The molecule has 21 heavy (non-hydrogen) atoms. The highest BCUT2D eigenvalue weighted by Crippen LogP contribution is 2.35. The van der Waals surface area contributed by atoms with Crippen molar-refractivity contribution in [2.45, 2.75) is 26.1 Å². The summed E-state index contributed by atoms with van der Waals surface area (Å²) in [6.45, 7) is 2.99. The molecule has 2 aromatic heterocycles. The van der Waals surface area contributed by atoms with Gasteiger partial charge in [-0.25, -0.2) is 8.78 Å². The van der Waals surface area contributed by atoms with Gasteiger partial charge >= 0.3 is 0 Å². The molecule has 0 saturated heterocycles. The molecule has 0 saturated carbocycles. The predicted octanol–water partition coefficient (Wildman–Crippen LogP) is 3.36. The zero-order valence-electron chi connectivity index (χ0n) is 11.4. The van der Waals surface area contributed by atoms with Crippen molar-refractivity contribution in [3.05, 3.63) is 29.2 Å². The van der Waals surface area contributed by atoms with Crippen LogP contribution in [0.1, 0.15) is 13.8 Å². The van der Waals surface area contributed by atoms with Crippen LogP contribution in [0.25, 0.3) is 22.3 Å². The zero-order chi connectivity index (χ0) is 15.2.